The maximum atomic E-state index is 12.4. The highest BCUT2D eigenvalue weighted by Crippen LogP contribution is 2.05. The zero-order chi connectivity index (χ0) is 17.1. The molecule has 1 aromatic heterocycles. The molecule has 0 saturated heterocycles. The molecule has 24 heavy (non-hydrogen) atoms. The fraction of sp³-hybridized carbons (Fsp3) is 0.167. The third kappa shape index (κ3) is 3.12. The Bertz CT molecular complexity index is 990. The Labute approximate surface area is 138 Å². The van der Waals surface area contributed by atoms with Crippen molar-refractivity contribution in [2.45, 2.75) is 13.1 Å². The van der Waals surface area contributed by atoms with Gasteiger partial charge in [0.1, 0.15) is 6.54 Å². The first-order valence-electron chi connectivity index (χ1n) is 7.56. The maximum absolute atomic E-state index is 12.4. The number of H-pyrrole nitrogens is 1. The number of likely N-dealkylation sites (N-methyl/N-ethyl adjacent to an activating group) is 1. The summed E-state index contributed by atoms with van der Waals surface area (Å²) in [6.07, 6.45) is 0. The van der Waals surface area contributed by atoms with Gasteiger partial charge >= 0.3 is 5.69 Å². The third-order valence-electron chi connectivity index (χ3n) is 3.87. The number of carbonyl (C=O) groups excluding carboxylic acids is 1. The molecular formula is C18H17N3O3. The van der Waals surface area contributed by atoms with Gasteiger partial charge in [-0.1, -0.05) is 42.5 Å². The Balaban J connectivity index is 1.85. The Hall–Kier alpha value is -3.15. The van der Waals surface area contributed by atoms with Crippen molar-refractivity contribution in [1.29, 1.82) is 0 Å². The molecule has 3 aromatic rings. The van der Waals surface area contributed by atoms with Gasteiger partial charge in [-0.15, -0.1) is 0 Å². The molecule has 122 valence electrons. The van der Waals surface area contributed by atoms with E-state index in [1.165, 1.54) is 4.90 Å². The van der Waals surface area contributed by atoms with Crippen LogP contribution in [0.2, 0.25) is 0 Å². The van der Waals surface area contributed by atoms with Crippen molar-refractivity contribution < 1.29 is 4.79 Å². The Morgan fingerprint density at radius 1 is 1.04 bits per heavy atom. The van der Waals surface area contributed by atoms with E-state index in [1.807, 2.05) is 30.3 Å². The normalized spacial score (nSPS) is 10.7. The number of nitrogens with one attached hydrogen (secondary N) is 1. The predicted molar refractivity (Wildman–Crippen MR) is 91.7 cm³/mol. The van der Waals surface area contributed by atoms with Gasteiger partial charge in [-0.05, 0) is 17.7 Å². The molecule has 0 aliphatic carbocycles. The van der Waals surface area contributed by atoms with Crippen LogP contribution in [0.25, 0.3) is 10.9 Å². The average Bonchev–Trinajstić information content (AvgIpc) is 2.59. The molecule has 2 aromatic carbocycles. The summed E-state index contributed by atoms with van der Waals surface area (Å²) in [4.78, 5) is 41.0. The molecule has 0 aliphatic heterocycles. The fourth-order valence-corrected chi connectivity index (χ4v) is 2.54. The van der Waals surface area contributed by atoms with Crippen LogP contribution in [0.4, 0.5) is 0 Å². The van der Waals surface area contributed by atoms with Crippen molar-refractivity contribution in [1.82, 2.24) is 14.5 Å². The lowest BCUT2D eigenvalue weighted by Crippen LogP contribution is -2.41. The van der Waals surface area contributed by atoms with E-state index >= 15 is 0 Å². The van der Waals surface area contributed by atoms with Crippen LogP contribution in [0, 0.1) is 0 Å². The molecular weight excluding hydrogens is 306 g/mol. The highest BCUT2D eigenvalue weighted by atomic mass is 16.2. The zero-order valence-corrected chi connectivity index (χ0v) is 13.2. The molecule has 6 heteroatoms. The number of carbonyl (C=O) groups is 1. The van der Waals surface area contributed by atoms with Crippen LogP contribution in [0.5, 0.6) is 0 Å². The first-order chi connectivity index (χ1) is 11.6. The molecule has 0 saturated carbocycles. The van der Waals surface area contributed by atoms with E-state index in [0.717, 1.165) is 10.1 Å². The van der Waals surface area contributed by atoms with Gasteiger partial charge in [0.15, 0.2) is 0 Å². The summed E-state index contributed by atoms with van der Waals surface area (Å²) in [5, 5.41) is 0.385. The molecule has 0 aliphatic rings. The van der Waals surface area contributed by atoms with Crippen LogP contribution in [0.3, 0.4) is 0 Å². The van der Waals surface area contributed by atoms with Crippen molar-refractivity contribution >= 4 is 16.8 Å². The molecule has 0 bridgehead atoms. The molecule has 1 heterocycles. The molecule has 3 rings (SSSR count). The Morgan fingerprint density at radius 3 is 2.46 bits per heavy atom. The van der Waals surface area contributed by atoms with E-state index in [0.29, 0.717) is 17.4 Å². The first kappa shape index (κ1) is 15.7. The van der Waals surface area contributed by atoms with Crippen LogP contribution in [-0.4, -0.2) is 27.4 Å². The number of aromatic amines is 1. The van der Waals surface area contributed by atoms with Gasteiger partial charge in [0.2, 0.25) is 5.91 Å². The maximum Gasteiger partial charge on any atom is 0.329 e. The number of para-hydroxylation sites is 1. The second kappa shape index (κ2) is 6.54. The summed E-state index contributed by atoms with van der Waals surface area (Å²) in [6.45, 7) is 0.127. The van der Waals surface area contributed by atoms with Gasteiger partial charge in [-0.25, -0.2) is 4.79 Å². The number of fused-ring (bicyclic) bond motifs is 1. The standard InChI is InChI=1S/C18H17N3O3/c1-20(11-13-7-3-2-4-8-13)16(22)12-21-17(23)14-9-5-6-10-15(14)19-18(21)24/h2-10H,11-12H2,1H3,(H,19,24). The number of aromatic nitrogens is 2. The molecule has 0 fully saturated rings. The fourth-order valence-electron chi connectivity index (χ4n) is 2.54. The quantitative estimate of drug-likeness (QED) is 0.787. The summed E-state index contributed by atoms with van der Waals surface area (Å²) in [5.41, 5.74) is 0.401. The van der Waals surface area contributed by atoms with E-state index in [9.17, 15) is 14.4 Å². The monoisotopic (exact) mass is 323 g/mol. The van der Waals surface area contributed by atoms with Crippen molar-refractivity contribution in [3.05, 3.63) is 81.0 Å². The molecule has 1 N–H and O–H groups in total. The minimum absolute atomic E-state index is 0.289. The topological polar surface area (TPSA) is 75.2 Å². The molecule has 0 atom stereocenters. The highest BCUT2D eigenvalue weighted by molar-refractivity contribution is 5.78. The molecule has 1 amide bonds. The summed E-state index contributed by atoms with van der Waals surface area (Å²) in [7, 11) is 1.65. The minimum Gasteiger partial charge on any atom is -0.340 e. The van der Waals surface area contributed by atoms with Crippen molar-refractivity contribution in [3.63, 3.8) is 0 Å². The number of benzene rings is 2. The third-order valence-corrected chi connectivity index (χ3v) is 3.87. The lowest BCUT2D eigenvalue weighted by atomic mass is 10.2. The average molecular weight is 323 g/mol. The molecule has 0 radical (unpaired) electrons. The lowest BCUT2D eigenvalue weighted by molar-refractivity contribution is -0.131. The number of hydrogen-bond donors (Lipinski definition) is 1. The highest BCUT2D eigenvalue weighted by Gasteiger charge is 2.14. The van der Waals surface area contributed by atoms with Gasteiger partial charge in [0.25, 0.3) is 5.56 Å². The number of nitrogens with zero attached hydrogens (tertiary/aromatic N) is 2. The van der Waals surface area contributed by atoms with Gasteiger partial charge in [-0.3, -0.25) is 14.2 Å². The van der Waals surface area contributed by atoms with Gasteiger partial charge in [0.05, 0.1) is 10.9 Å². The van der Waals surface area contributed by atoms with Crippen LogP contribution in [0.1, 0.15) is 5.56 Å². The van der Waals surface area contributed by atoms with Crippen LogP contribution < -0.4 is 11.2 Å². The minimum atomic E-state index is -0.583. The van der Waals surface area contributed by atoms with E-state index in [1.54, 1.807) is 31.3 Å². The lowest BCUT2D eigenvalue weighted by Gasteiger charge is -2.17. The summed E-state index contributed by atoms with van der Waals surface area (Å²) in [6, 6.07) is 16.3. The number of rotatable bonds is 4. The van der Waals surface area contributed by atoms with Gasteiger partial charge < -0.3 is 9.88 Å². The second-order valence-corrected chi connectivity index (χ2v) is 5.60. The second-order valence-electron chi connectivity index (χ2n) is 5.60. The van der Waals surface area contributed by atoms with Gasteiger partial charge in [-0.2, -0.15) is 0 Å². The largest absolute Gasteiger partial charge is 0.340 e. The van der Waals surface area contributed by atoms with E-state index < -0.39 is 11.2 Å². The van der Waals surface area contributed by atoms with Gasteiger partial charge in [0, 0.05) is 13.6 Å². The molecule has 0 spiro atoms. The first-order valence-corrected chi connectivity index (χ1v) is 7.56. The van der Waals surface area contributed by atoms with E-state index in [-0.39, 0.29) is 12.5 Å². The Morgan fingerprint density at radius 2 is 1.71 bits per heavy atom. The van der Waals surface area contributed by atoms with E-state index in [2.05, 4.69) is 4.98 Å². The molecule has 0 unspecified atom stereocenters. The summed E-state index contributed by atoms with van der Waals surface area (Å²) in [5.74, 6) is -0.304. The summed E-state index contributed by atoms with van der Waals surface area (Å²) < 4.78 is 0.937. The SMILES string of the molecule is CN(Cc1ccccc1)C(=O)Cn1c(=O)[nH]c2ccccc2c1=O. The number of amides is 1. The van der Waals surface area contributed by atoms with Crippen LogP contribution in [-0.2, 0) is 17.9 Å². The number of hydrogen-bond acceptors (Lipinski definition) is 3. The molecule has 6 nitrogen and oxygen atoms in total. The zero-order valence-electron chi connectivity index (χ0n) is 13.2. The van der Waals surface area contributed by atoms with Crippen molar-refractivity contribution in [2.75, 3.05) is 7.05 Å². The van der Waals surface area contributed by atoms with E-state index in [4.69, 9.17) is 0 Å². The van der Waals surface area contributed by atoms with Crippen molar-refractivity contribution in [2.24, 2.45) is 0 Å². The van der Waals surface area contributed by atoms with Crippen LogP contribution >= 0.6 is 0 Å². The predicted octanol–water partition coefficient (Wildman–Crippen LogP) is 1.35. The van der Waals surface area contributed by atoms with Crippen molar-refractivity contribution in [3.8, 4) is 0 Å². The summed E-state index contributed by atoms with van der Waals surface area (Å²) >= 11 is 0. The van der Waals surface area contributed by atoms with Crippen LogP contribution in [0.15, 0.2) is 64.2 Å². The Kier molecular flexibility index (Phi) is 4.29. The smallest absolute Gasteiger partial charge is 0.329 e.